The first-order valence-electron chi connectivity index (χ1n) is 16.1. The normalized spacial score (nSPS) is 15.8. The molecule has 0 saturated heterocycles. The lowest BCUT2D eigenvalue weighted by Crippen LogP contribution is -2.62. The van der Waals surface area contributed by atoms with Gasteiger partial charge >= 0.3 is 5.97 Å². The van der Waals surface area contributed by atoms with Crippen molar-refractivity contribution < 1.29 is 54.3 Å². The summed E-state index contributed by atoms with van der Waals surface area (Å²) in [5.74, 6) is -7.26. The number of carboxylic acids is 1. The lowest BCUT2D eigenvalue weighted by Gasteiger charge is -2.29. The highest BCUT2D eigenvalue weighted by Crippen LogP contribution is 2.13. The SMILES string of the molecule is CC(C)[C@H](NC(=O)[C@H](Cc1ccc(O)cc1)NC(=O)[C@H](CO)NC(=O)[C@@H](N)CCCNC(=N)N)C(=O)N[C@H](C(=O)N[C@H](C(=O)O)[C@@H](C)O)[C@@H](C)O. The number of amides is 5. The molecule has 20 nitrogen and oxygen atoms in total. The lowest BCUT2D eigenvalue weighted by molar-refractivity contribution is -0.146. The Bertz CT molecular complexity index is 1360. The monoisotopic (exact) mass is 725 g/mol. The topological polar surface area (TPSA) is 352 Å². The third-order valence-corrected chi connectivity index (χ3v) is 7.52. The van der Waals surface area contributed by atoms with Gasteiger partial charge in [-0.05, 0) is 50.3 Å². The summed E-state index contributed by atoms with van der Waals surface area (Å²) in [4.78, 5) is 77.2. The van der Waals surface area contributed by atoms with Crippen LogP contribution in [-0.2, 0) is 35.2 Å². The average Bonchev–Trinajstić information content (AvgIpc) is 3.04. The summed E-state index contributed by atoms with van der Waals surface area (Å²) in [6, 6.07) is -3.24. The standard InChI is InChI=1S/C31H51N9O11/c1-14(2)22(28(48)39-23(15(3)42)29(49)40-24(16(4)43)30(50)51)38-26(46)20(12-17-7-9-18(44)10-8-17)36-27(47)21(13-41)37-25(45)19(32)6-5-11-35-31(33)34/h7-10,14-16,19-24,41-44H,5-6,11-13,32H2,1-4H3,(H,36,47)(H,37,45)(H,38,46)(H,39,48)(H,40,49)(H,50,51)(H4,33,34,35)/t15-,16-,19+,20+,21+,22+,23+,24+/m1/s1. The van der Waals surface area contributed by atoms with Crippen LogP contribution >= 0.6 is 0 Å². The molecular formula is C31H51N9O11. The molecular weight excluding hydrogens is 674 g/mol. The Morgan fingerprint density at radius 2 is 1.24 bits per heavy atom. The number of aliphatic carboxylic acids is 1. The zero-order valence-corrected chi connectivity index (χ0v) is 28.9. The van der Waals surface area contributed by atoms with Gasteiger partial charge in [0, 0.05) is 13.0 Å². The van der Waals surface area contributed by atoms with Crippen LogP contribution < -0.4 is 43.4 Å². The number of rotatable bonds is 21. The maximum absolute atomic E-state index is 13.7. The van der Waals surface area contributed by atoms with Crippen LogP contribution in [0.2, 0.25) is 0 Å². The van der Waals surface area contributed by atoms with Crippen LogP contribution in [0.25, 0.3) is 0 Å². The maximum Gasteiger partial charge on any atom is 0.328 e. The number of guanidine groups is 1. The third kappa shape index (κ3) is 15.2. The molecule has 5 amide bonds. The molecule has 8 atom stereocenters. The fourth-order valence-electron chi connectivity index (χ4n) is 4.57. The van der Waals surface area contributed by atoms with Crippen LogP contribution in [-0.4, -0.2) is 129 Å². The molecule has 16 N–H and O–H groups in total. The van der Waals surface area contributed by atoms with Crippen LogP contribution in [0.4, 0.5) is 0 Å². The van der Waals surface area contributed by atoms with Gasteiger partial charge in [-0.1, -0.05) is 26.0 Å². The molecule has 1 rings (SSSR count). The van der Waals surface area contributed by atoms with E-state index in [0.717, 1.165) is 13.8 Å². The molecule has 0 aliphatic carbocycles. The molecule has 0 saturated carbocycles. The zero-order chi connectivity index (χ0) is 39.0. The first-order chi connectivity index (χ1) is 23.8. The van der Waals surface area contributed by atoms with E-state index < -0.39 is 96.5 Å². The van der Waals surface area contributed by atoms with Crippen molar-refractivity contribution in [3.05, 3.63) is 29.8 Å². The number of benzene rings is 1. The second-order valence-corrected chi connectivity index (χ2v) is 12.3. The van der Waals surface area contributed by atoms with E-state index in [0.29, 0.717) is 12.0 Å². The molecule has 0 aliphatic heterocycles. The molecule has 0 aromatic heterocycles. The average molecular weight is 726 g/mol. The fourth-order valence-corrected chi connectivity index (χ4v) is 4.57. The summed E-state index contributed by atoms with van der Waals surface area (Å²) in [5.41, 5.74) is 11.6. The smallest absolute Gasteiger partial charge is 0.328 e. The predicted molar refractivity (Wildman–Crippen MR) is 182 cm³/mol. The van der Waals surface area contributed by atoms with Crippen molar-refractivity contribution >= 4 is 41.5 Å². The van der Waals surface area contributed by atoms with E-state index in [4.69, 9.17) is 16.9 Å². The number of carbonyl (C=O) groups excluding carboxylic acids is 5. The largest absolute Gasteiger partial charge is 0.508 e. The molecule has 20 heteroatoms. The predicted octanol–water partition coefficient (Wildman–Crippen LogP) is -4.56. The van der Waals surface area contributed by atoms with Gasteiger partial charge < -0.3 is 68.9 Å². The van der Waals surface area contributed by atoms with Crippen molar-refractivity contribution in [3.63, 3.8) is 0 Å². The van der Waals surface area contributed by atoms with Crippen LogP contribution in [0.3, 0.4) is 0 Å². The van der Waals surface area contributed by atoms with Crippen molar-refractivity contribution in [1.82, 2.24) is 31.9 Å². The van der Waals surface area contributed by atoms with Crippen molar-refractivity contribution in [2.75, 3.05) is 13.2 Å². The highest BCUT2D eigenvalue weighted by atomic mass is 16.4. The molecule has 0 aliphatic rings. The number of nitrogens with two attached hydrogens (primary N) is 2. The van der Waals surface area contributed by atoms with E-state index in [9.17, 15) is 54.3 Å². The number of carbonyl (C=O) groups is 6. The summed E-state index contributed by atoms with van der Waals surface area (Å²) in [6.07, 6.45) is -2.74. The van der Waals surface area contributed by atoms with Gasteiger partial charge in [0.05, 0.1) is 24.9 Å². The Morgan fingerprint density at radius 3 is 1.73 bits per heavy atom. The molecule has 1 aromatic rings. The second kappa shape index (κ2) is 21.2. The summed E-state index contributed by atoms with van der Waals surface area (Å²) < 4.78 is 0. The minimum atomic E-state index is -1.75. The number of aromatic hydroxyl groups is 1. The van der Waals surface area contributed by atoms with E-state index in [2.05, 4.69) is 26.6 Å². The van der Waals surface area contributed by atoms with E-state index in [1.165, 1.54) is 24.3 Å². The van der Waals surface area contributed by atoms with Gasteiger partial charge in [0.2, 0.25) is 29.5 Å². The van der Waals surface area contributed by atoms with Gasteiger partial charge in [-0.25, -0.2) is 4.79 Å². The highest BCUT2D eigenvalue weighted by Gasteiger charge is 2.36. The van der Waals surface area contributed by atoms with E-state index >= 15 is 0 Å². The number of phenolic OH excluding ortho intramolecular Hbond substituents is 1. The molecule has 51 heavy (non-hydrogen) atoms. The second-order valence-electron chi connectivity index (χ2n) is 12.3. The van der Waals surface area contributed by atoms with Crippen molar-refractivity contribution in [3.8, 4) is 5.75 Å². The van der Waals surface area contributed by atoms with Crippen LogP contribution in [0.15, 0.2) is 24.3 Å². The summed E-state index contributed by atoms with van der Waals surface area (Å²) >= 11 is 0. The number of aliphatic hydroxyl groups excluding tert-OH is 3. The van der Waals surface area contributed by atoms with Crippen molar-refractivity contribution in [2.24, 2.45) is 17.4 Å². The molecule has 0 radical (unpaired) electrons. The van der Waals surface area contributed by atoms with Gasteiger partial charge in [-0.2, -0.15) is 0 Å². The number of aliphatic hydroxyl groups is 3. The lowest BCUT2D eigenvalue weighted by atomic mass is 9.99. The third-order valence-electron chi connectivity index (χ3n) is 7.52. The minimum Gasteiger partial charge on any atom is -0.508 e. The molecule has 0 unspecified atom stereocenters. The fraction of sp³-hybridized carbons (Fsp3) is 0.581. The Kier molecular flexibility index (Phi) is 18.3. The quantitative estimate of drug-likeness (QED) is 0.0322. The Balaban J connectivity index is 3.20. The zero-order valence-electron chi connectivity index (χ0n) is 28.9. The van der Waals surface area contributed by atoms with Gasteiger partial charge in [-0.3, -0.25) is 29.4 Å². The first kappa shape index (κ1) is 44.0. The maximum atomic E-state index is 13.7. The number of phenols is 1. The van der Waals surface area contributed by atoms with Crippen molar-refractivity contribution in [1.29, 1.82) is 5.41 Å². The van der Waals surface area contributed by atoms with Crippen LogP contribution in [0, 0.1) is 11.3 Å². The van der Waals surface area contributed by atoms with Crippen molar-refractivity contribution in [2.45, 2.75) is 95.4 Å². The number of nitrogens with one attached hydrogen (secondary N) is 7. The summed E-state index contributed by atoms with van der Waals surface area (Å²) in [6.45, 7) is 4.78. The number of hydrogen-bond acceptors (Lipinski definition) is 12. The Labute approximate surface area is 294 Å². The minimum absolute atomic E-state index is 0.0726. The van der Waals surface area contributed by atoms with Gasteiger partial charge in [-0.15, -0.1) is 0 Å². The molecule has 0 bridgehead atoms. The van der Waals surface area contributed by atoms with Gasteiger partial charge in [0.25, 0.3) is 0 Å². The van der Waals surface area contributed by atoms with E-state index in [1.807, 2.05) is 5.32 Å². The van der Waals surface area contributed by atoms with Crippen LogP contribution in [0.5, 0.6) is 5.75 Å². The highest BCUT2D eigenvalue weighted by molar-refractivity contribution is 5.96. The van der Waals surface area contributed by atoms with Gasteiger partial charge in [0.15, 0.2) is 12.0 Å². The summed E-state index contributed by atoms with van der Waals surface area (Å²) in [5, 5.41) is 70.2. The molecule has 0 heterocycles. The van der Waals surface area contributed by atoms with Crippen LogP contribution in [0.1, 0.15) is 46.1 Å². The number of hydrogen-bond donors (Lipinski definition) is 14. The first-order valence-corrected chi connectivity index (χ1v) is 16.1. The Hall–Kier alpha value is -5.05. The molecule has 0 fully saturated rings. The van der Waals surface area contributed by atoms with Gasteiger partial charge in [0.1, 0.15) is 29.9 Å². The molecule has 286 valence electrons. The van der Waals surface area contributed by atoms with E-state index in [1.54, 1.807) is 13.8 Å². The Morgan fingerprint density at radius 1 is 0.745 bits per heavy atom. The molecule has 0 spiro atoms. The molecule has 1 aromatic carbocycles. The number of carboxylic acid groups (broad SMARTS) is 1. The summed E-state index contributed by atoms with van der Waals surface area (Å²) in [7, 11) is 0. The van der Waals surface area contributed by atoms with E-state index in [-0.39, 0.29) is 31.1 Å².